The highest BCUT2D eigenvalue weighted by Gasteiger charge is 2.41. The third-order valence-electron chi connectivity index (χ3n) is 4.86. The smallest absolute Gasteiger partial charge is 0.132 e. The molecule has 0 fully saturated rings. The number of allylic oxidation sites excluding steroid dienone is 4. The van der Waals surface area contributed by atoms with Crippen molar-refractivity contribution in [3.63, 3.8) is 0 Å². The molecule has 2 aliphatic rings. The van der Waals surface area contributed by atoms with E-state index in [-0.39, 0.29) is 0 Å². The van der Waals surface area contributed by atoms with Crippen molar-refractivity contribution in [1.82, 2.24) is 4.98 Å². The lowest BCUT2D eigenvalue weighted by Gasteiger charge is -2.28. The van der Waals surface area contributed by atoms with Gasteiger partial charge in [0.2, 0.25) is 0 Å². The molecule has 0 saturated carbocycles. The standard InChI is InChI=1S/C18H24N2/c1-3-4-7-15-8-5-11-18(12-10-15)14-20(2)17-16(18)9-6-13-19-17/h3-4,6,8-9,13H,5,7,10-12,14H2,1-2H3/b4-3+. The molecule has 3 rings (SSSR count). The lowest BCUT2D eigenvalue weighted by Crippen LogP contribution is -2.31. The number of aromatic nitrogens is 1. The van der Waals surface area contributed by atoms with Gasteiger partial charge in [-0.1, -0.05) is 29.9 Å². The van der Waals surface area contributed by atoms with Crippen molar-refractivity contribution in [2.75, 3.05) is 18.5 Å². The molecule has 0 aromatic carbocycles. The molecule has 2 nitrogen and oxygen atoms in total. The van der Waals surface area contributed by atoms with Crippen LogP contribution in [0.5, 0.6) is 0 Å². The van der Waals surface area contributed by atoms with Crippen LogP contribution in [0.25, 0.3) is 0 Å². The Bertz CT molecular complexity index is 544. The lowest BCUT2D eigenvalue weighted by molar-refractivity contribution is 0.401. The molecule has 2 heteroatoms. The van der Waals surface area contributed by atoms with Crippen LogP contribution in [0.4, 0.5) is 5.82 Å². The normalized spacial score (nSPS) is 25.9. The van der Waals surface area contributed by atoms with E-state index in [4.69, 9.17) is 0 Å². The number of pyridine rings is 1. The van der Waals surface area contributed by atoms with Crippen molar-refractivity contribution in [2.24, 2.45) is 0 Å². The second-order valence-electron chi connectivity index (χ2n) is 6.19. The van der Waals surface area contributed by atoms with E-state index in [1.54, 1.807) is 5.57 Å². The van der Waals surface area contributed by atoms with E-state index in [1.807, 2.05) is 6.20 Å². The van der Waals surface area contributed by atoms with Crippen LogP contribution in [-0.2, 0) is 5.41 Å². The first kappa shape index (κ1) is 13.4. The summed E-state index contributed by atoms with van der Waals surface area (Å²) in [4.78, 5) is 6.93. The maximum Gasteiger partial charge on any atom is 0.132 e. The van der Waals surface area contributed by atoms with E-state index >= 15 is 0 Å². The first-order valence-electron chi connectivity index (χ1n) is 7.71. The zero-order valence-corrected chi connectivity index (χ0v) is 12.6. The minimum absolute atomic E-state index is 0.326. The van der Waals surface area contributed by atoms with E-state index in [9.17, 15) is 0 Å². The van der Waals surface area contributed by atoms with Gasteiger partial charge in [0, 0.05) is 30.8 Å². The number of anilines is 1. The molecule has 1 aliphatic carbocycles. The molecule has 0 radical (unpaired) electrons. The Morgan fingerprint density at radius 2 is 2.30 bits per heavy atom. The van der Waals surface area contributed by atoms with E-state index in [1.165, 1.54) is 37.1 Å². The Morgan fingerprint density at radius 1 is 1.40 bits per heavy atom. The number of rotatable bonds is 2. The predicted octanol–water partition coefficient (Wildman–Crippen LogP) is 4.24. The van der Waals surface area contributed by atoms with E-state index in [0.29, 0.717) is 5.41 Å². The van der Waals surface area contributed by atoms with Gasteiger partial charge in [0.05, 0.1) is 0 Å². The van der Waals surface area contributed by atoms with Gasteiger partial charge in [-0.2, -0.15) is 0 Å². The van der Waals surface area contributed by atoms with Crippen LogP contribution < -0.4 is 4.90 Å². The van der Waals surface area contributed by atoms with E-state index < -0.39 is 0 Å². The van der Waals surface area contributed by atoms with Crippen LogP contribution in [0.15, 0.2) is 42.1 Å². The fourth-order valence-electron chi connectivity index (χ4n) is 3.79. The molecule has 0 N–H and O–H groups in total. The molecule has 106 valence electrons. The monoisotopic (exact) mass is 268 g/mol. The van der Waals surface area contributed by atoms with Gasteiger partial charge < -0.3 is 4.90 Å². The van der Waals surface area contributed by atoms with Gasteiger partial charge in [-0.05, 0) is 45.1 Å². The van der Waals surface area contributed by atoms with Gasteiger partial charge in [0.1, 0.15) is 5.82 Å². The fraction of sp³-hybridized carbons (Fsp3) is 0.500. The van der Waals surface area contributed by atoms with Gasteiger partial charge in [-0.3, -0.25) is 0 Å². The topological polar surface area (TPSA) is 16.1 Å². The molecule has 0 amide bonds. The summed E-state index contributed by atoms with van der Waals surface area (Å²) in [6, 6.07) is 4.39. The zero-order chi connectivity index (χ0) is 14.0. The Kier molecular flexibility index (Phi) is 3.64. The number of hydrogen-bond acceptors (Lipinski definition) is 2. The quantitative estimate of drug-likeness (QED) is 0.746. The Hall–Kier alpha value is -1.57. The van der Waals surface area contributed by atoms with Gasteiger partial charge in [-0.25, -0.2) is 4.98 Å². The summed E-state index contributed by atoms with van der Waals surface area (Å²) in [5, 5.41) is 0. The predicted molar refractivity (Wildman–Crippen MR) is 85.2 cm³/mol. The van der Waals surface area contributed by atoms with Gasteiger partial charge >= 0.3 is 0 Å². The minimum Gasteiger partial charge on any atom is -0.359 e. The van der Waals surface area contributed by atoms with Crippen molar-refractivity contribution in [1.29, 1.82) is 0 Å². The molecular formula is C18H24N2. The summed E-state index contributed by atoms with van der Waals surface area (Å²) in [6.45, 7) is 3.23. The maximum absolute atomic E-state index is 4.59. The molecule has 1 aromatic heterocycles. The van der Waals surface area contributed by atoms with Crippen molar-refractivity contribution in [3.8, 4) is 0 Å². The summed E-state index contributed by atoms with van der Waals surface area (Å²) < 4.78 is 0. The number of nitrogens with zero attached hydrogens (tertiary/aromatic N) is 2. The third kappa shape index (κ3) is 2.28. The second kappa shape index (κ2) is 5.43. The fourth-order valence-corrected chi connectivity index (χ4v) is 3.79. The molecule has 0 saturated heterocycles. The molecule has 0 bridgehead atoms. The van der Waals surface area contributed by atoms with Crippen LogP contribution in [0.1, 0.15) is 44.6 Å². The highest BCUT2D eigenvalue weighted by molar-refractivity contribution is 5.57. The van der Waals surface area contributed by atoms with Crippen LogP contribution in [0, 0.1) is 0 Å². The van der Waals surface area contributed by atoms with Crippen LogP contribution in [0.3, 0.4) is 0 Å². The van der Waals surface area contributed by atoms with Crippen molar-refractivity contribution >= 4 is 5.82 Å². The zero-order valence-electron chi connectivity index (χ0n) is 12.6. The van der Waals surface area contributed by atoms with Crippen LogP contribution >= 0.6 is 0 Å². The molecule has 2 heterocycles. The maximum atomic E-state index is 4.59. The minimum atomic E-state index is 0.326. The summed E-state index contributed by atoms with van der Waals surface area (Å²) >= 11 is 0. The summed E-state index contributed by atoms with van der Waals surface area (Å²) in [7, 11) is 2.18. The summed E-state index contributed by atoms with van der Waals surface area (Å²) in [5.41, 5.74) is 3.41. The van der Waals surface area contributed by atoms with Crippen molar-refractivity contribution < 1.29 is 0 Å². The Balaban J connectivity index is 1.83. The molecule has 20 heavy (non-hydrogen) atoms. The molecular weight excluding hydrogens is 244 g/mol. The molecule has 1 aromatic rings. The Labute approximate surface area is 122 Å². The van der Waals surface area contributed by atoms with Crippen molar-refractivity contribution in [3.05, 3.63) is 47.7 Å². The van der Waals surface area contributed by atoms with Crippen LogP contribution in [-0.4, -0.2) is 18.6 Å². The number of fused-ring (bicyclic) bond motifs is 2. The van der Waals surface area contributed by atoms with Crippen molar-refractivity contribution in [2.45, 2.75) is 44.4 Å². The first-order valence-corrected chi connectivity index (χ1v) is 7.71. The first-order chi connectivity index (χ1) is 9.75. The highest BCUT2D eigenvalue weighted by Crippen LogP contribution is 2.46. The molecule has 1 aliphatic heterocycles. The molecule has 1 atom stereocenters. The molecule has 1 unspecified atom stereocenters. The number of hydrogen-bond donors (Lipinski definition) is 0. The number of likely N-dealkylation sites (N-methyl/N-ethyl adjacent to an activating group) is 1. The average molecular weight is 268 g/mol. The largest absolute Gasteiger partial charge is 0.359 e. The second-order valence-corrected chi connectivity index (χ2v) is 6.19. The summed E-state index contributed by atoms with van der Waals surface area (Å²) in [5.74, 6) is 1.20. The SMILES string of the molecule is C/C=C/CC1=CCCC2(CC1)CN(C)c1ncccc12. The van der Waals surface area contributed by atoms with Gasteiger partial charge in [0.25, 0.3) is 0 Å². The third-order valence-corrected chi connectivity index (χ3v) is 4.86. The average Bonchev–Trinajstić information content (AvgIpc) is 2.62. The molecule has 1 spiro atoms. The van der Waals surface area contributed by atoms with Gasteiger partial charge in [-0.15, -0.1) is 0 Å². The van der Waals surface area contributed by atoms with E-state index in [0.717, 1.165) is 13.0 Å². The van der Waals surface area contributed by atoms with E-state index in [2.05, 4.69) is 54.2 Å². The Morgan fingerprint density at radius 3 is 3.15 bits per heavy atom. The van der Waals surface area contributed by atoms with Crippen LogP contribution in [0.2, 0.25) is 0 Å². The van der Waals surface area contributed by atoms with Gasteiger partial charge in [0.15, 0.2) is 0 Å². The summed E-state index contributed by atoms with van der Waals surface area (Å²) in [6.07, 6.45) is 14.9. The highest BCUT2D eigenvalue weighted by atomic mass is 15.2. The lowest BCUT2D eigenvalue weighted by atomic mass is 9.76.